The fourth-order valence-electron chi connectivity index (χ4n) is 3.48. The maximum atomic E-state index is 5.67. The molecule has 0 radical (unpaired) electrons. The van der Waals surface area contributed by atoms with Crippen molar-refractivity contribution >= 4 is 6.08 Å². The third-order valence-electron chi connectivity index (χ3n) is 5.80. The van der Waals surface area contributed by atoms with Gasteiger partial charge in [-0.1, -0.05) is 43.2 Å². The van der Waals surface area contributed by atoms with E-state index in [-0.39, 0.29) is 0 Å². The molecule has 0 atom stereocenters. The number of aromatic nitrogens is 1. The molecule has 154 valence electrons. The highest BCUT2D eigenvalue weighted by Gasteiger charge is 2.09. The lowest BCUT2D eigenvalue weighted by Crippen LogP contribution is -1.94. The molecule has 0 saturated carbocycles. The largest absolute Gasteiger partial charge is 0.257 e. The molecule has 0 aliphatic heterocycles. The first-order valence-corrected chi connectivity index (χ1v) is 10.4. The van der Waals surface area contributed by atoms with Crippen molar-refractivity contribution in [3.8, 4) is 23.5 Å². The molecule has 30 heavy (non-hydrogen) atoms. The van der Waals surface area contributed by atoms with Crippen LogP contribution in [0.5, 0.6) is 0 Å². The van der Waals surface area contributed by atoms with Crippen LogP contribution < -0.4 is 0 Å². The Morgan fingerprint density at radius 2 is 1.83 bits per heavy atom. The number of pyridine rings is 1. The van der Waals surface area contributed by atoms with Crippen LogP contribution in [0.4, 0.5) is 0 Å². The minimum absolute atomic E-state index is 0.933. The van der Waals surface area contributed by atoms with Gasteiger partial charge in [-0.15, -0.1) is 6.42 Å². The van der Waals surface area contributed by atoms with Gasteiger partial charge in [-0.05, 0) is 111 Å². The molecule has 1 aromatic carbocycles. The van der Waals surface area contributed by atoms with E-state index in [1.54, 1.807) is 0 Å². The number of nitrogens with zero attached hydrogens (tertiary/aromatic N) is 1. The Kier molecular flexibility index (Phi) is 7.79. The van der Waals surface area contributed by atoms with Crippen molar-refractivity contribution in [1.29, 1.82) is 0 Å². The van der Waals surface area contributed by atoms with E-state index in [1.807, 2.05) is 13.1 Å². The second-order valence-corrected chi connectivity index (χ2v) is 7.98. The highest BCUT2D eigenvalue weighted by molar-refractivity contribution is 5.73. The zero-order valence-electron chi connectivity index (χ0n) is 19.5. The minimum atomic E-state index is 0.933. The Morgan fingerprint density at radius 1 is 1.13 bits per heavy atom. The first kappa shape index (κ1) is 23.2. The summed E-state index contributed by atoms with van der Waals surface area (Å²) in [6.45, 7) is 19.0. The van der Waals surface area contributed by atoms with Crippen LogP contribution in [0.2, 0.25) is 0 Å². The molecule has 0 saturated heterocycles. The second-order valence-electron chi connectivity index (χ2n) is 7.98. The van der Waals surface area contributed by atoms with Crippen LogP contribution in [0.15, 0.2) is 71.0 Å². The molecule has 0 spiro atoms. The zero-order valence-corrected chi connectivity index (χ0v) is 19.5. The summed E-state index contributed by atoms with van der Waals surface area (Å²) in [5.74, 6) is 2.78. The van der Waals surface area contributed by atoms with E-state index in [2.05, 4.69) is 95.4 Å². The maximum Gasteiger partial charge on any atom is 0.0667 e. The molecular weight excluding hydrogens is 362 g/mol. The molecule has 0 aliphatic rings. The maximum absolute atomic E-state index is 5.67. The summed E-state index contributed by atoms with van der Waals surface area (Å²) in [4.78, 5) is 4.64. The smallest absolute Gasteiger partial charge is 0.0667 e. The van der Waals surface area contributed by atoms with Crippen molar-refractivity contribution in [2.24, 2.45) is 0 Å². The summed E-state index contributed by atoms with van der Waals surface area (Å²) in [6.07, 6.45) is 13.0. The third-order valence-corrected chi connectivity index (χ3v) is 5.80. The van der Waals surface area contributed by atoms with Gasteiger partial charge in [-0.25, -0.2) is 0 Å². The monoisotopic (exact) mass is 395 g/mol. The molecule has 0 bridgehead atoms. The zero-order chi connectivity index (χ0) is 22.4. The Bertz CT molecular complexity index is 1100. The van der Waals surface area contributed by atoms with Gasteiger partial charge in [0.1, 0.15) is 0 Å². The van der Waals surface area contributed by atoms with Crippen LogP contribution in [0.25, 0.3) is 17.2 Å². The van der Waals surface area contributed by atoms with Crippen LogP contribution in [-0.2, 0) is 0 Å². The van der Waals surface area contributed by atoms with Crippen LogP contribution in [0.3, 0.4) is 0 Å². The molecule has 0 aliphatic carbocycles. The highest BCUT2D eigenvalue weighted by atomic mass is 14.7. The minimum Gasteiger partial charge on any atom is -0.257 e. The lowest BCUT2D eigenvalue weighted by atomic mass is 9.94. The quantitative estimate of drug-likeness (QED) is 0.357. The molecule has 2 aromatic rings. The van der Waals surface area contributed by atoms with Crippen molar-refractivity contribution < 1.29 is 0 Å². The van der Waals surface area contributed by atoms with Gasteiger partial charge >= 0.3 is 0 Å². The molecule has 1 aromatic heterocycles. The second kappa shape index (κ2) is 10.1. The normalized spacial score (nSPS) is 13.0. The molecule has 1 heteroatoms. The van der Waals surface area contributed by atoms with E-state index in [0.29, 0.717) is 0 Å². The number of benzene rings is 1. The summed E-state index contributed by atoms with van der Waals surface area (Å²) >= 11 is 0. The fourth-order valence-corrected chi connectivity index (χ4v) is 3.48. The lowest BCUT2D eigenvalue weighted by molar-refractivity contribution is 1.10. The van der Waals surface area contributed by atoms with Crippen molar-refractivity contribution in [3.63, 3.8) is 0 Å². The first-order valence-electron chi connectivity index (χ1n) is 10.4. The fraction of sp³-hybridized carbons (Fsp3) is 0.276. The number of aryl methyl sites for hydroxylation is 1. The van der Waals surface area contributed by atoms with Crippen molar-refractivity contribution in [2.75, 3.05) is 0 Å². The van der Waals surface area contributed by atoms with Crippen molar-refractivity contribution in [2.45, 2.75) is 54.9 Å². The van der Waals surface area contributed by atoms with Gasteiger partial charge < -0.3 is 0 Å². The molecule has 0 unspecified atom stereocenters. The van der Waals surface area contributed by atoms with Crippen molar-refractivity contribution in [3.05, 3.63) is 93.4 Å². The van der Waals surface area contributed by atoms with Crippen molar-refractivity contribution in [1.82, 2.24) is 4.98 Å². The van der Waals surface area contributed by atoms with E-state index >= 15 is 0 Å². The van der Waals surface area contributed by atoms with Gasteiger partial charge in [0.25, 0.3) is 0 Å². The molecule has 0 N–H and O–H groups in total. The van der Waals surface area contributed by atoms with Gasteiger partial charge in [0, 0.05) is 11.8 Å². The summed E-state index contributed by atoms with van der Waals surface area (Å²) in [7, 11) is 0. The van der Waals surface area contributed by atoms with Gasteiger partial charge in [-0.2, -0.15) is 0 Å². The third kappa shape index (κ3) is 5.28. The Balaban J connectivity index is 2.50. The van der Waals surface area contributed by atoms with Gasteiger partial charge in [0.15, 0.2) is 0 Å². The van der Waals surface area contributed by atoms with E-state index < -0.39 is 0 Å². The average Bonchev–Trinajstić information content (AvgIpc) is 2.72. The first-order chi connectivity index (χ1) is 14.2. The SMILES string of the molecule is C#Cc1cc(-c2ccnc(/C=C(C)/C(C)=C(C)/C=C(\CC)C(=C)C)c2C)ccc1C. The highest BCUT2D eigenvalue weighted by Crippen LogP contribution is 2.28. The number of rotatable bonds is 6. The number of allylic oxidation sites excluding steroid dienone is 6. The van der Waals surface area contributed by atoms with E-state index in [4.69, 9.17) is 6.42 Å². The number of hydrogen-bond acceptors (Lipinski definition) is 1. The predicted molar refractivity (Wildman–Crippen MR) is 132 cm³/mol. The van der Waals surface area contributed by atoms with Crippen LogP contribution in [0, 0.1) is 26.2 Å². The van der Waals surface area contributed by atoms with Crippen LogP contribution >= 0.6 is 0 Å². The lowest BCUT2D eigenvalue weighted by Gasteiger charge is -2.12. The summed E-state index contributed by atoms with van der Waals surface area (Å²) in [6, 6.07) is 8.36. The van der Waals surface area contributed by atoms with E-state index in [9.17, 15) is 0 Å². The standard InChI is InChI=1S/C29H33N/c1-10-25(19(3)4)16-21(6)23(8)22(7)17-29-24(9)28(14-15-30-29)27-13-12-20(5)26(11-2)18-27/h2,12-18H,3,10H2,1,4-9H3/b22-17+,23-21+,25-16+. The Morgan fingerprint density at radius 3 is 2.43 bits per heavy atom. The molecule has 0 fully saturated rings. The Hall–Kier alpha value is -3.11. The number of hydrogen-bond donors (Lipinski definition) is 0. The molecule has 2 rings (SSSR count). The molecular formula is C29H33N. The van der Waals surface area contributed by atoms with E-state index in [0.717, 1.165) is 45.5 Å². The van der Waals surface area contributed by atoms with Crippen LogP contribution in [0.1, 0.15) is 63.4 Å². The number of terminal acetylenes is 1. The Labute approximate surface area is 183 Å². The topological polar surface area (TPSA) is 12.9 Å². The summed E-state index contributed by atoms with van der Waals surface area (Å²) < 4.78 is 0. The van der Waals surface area contributed by atoms with Gasteiger partial charge in [-0.3, -0.25) is 4.98 Å². The molecule has 1 heterocycles. The molecule has 1 nitrogen and oxygen atoms in total. The predicted octanol–water partition coefficient (Wildman–Crippen LogP) is 8.00. The summed E-state index contributed by atoms with van der Waals surface area (Å²) in [5, 5.41) is 0. The van der Waals surface area contributed by atoms with Gasteiger partial charge in [0.05, 0.1) is 5.69 Å². The van der Waals surface area contributed by atoms with E-state index in [1.165, 1.54) is 22.3 Å². The average molecular weight is 396 g/mol. The molecule has 0 amide bonds. The van der Waals surface area contributed by atoms with Crippen LogP contribution in [-0.4, -0.2) is 4.98 Å². The summed E-state index contributed by atoms with van der Waals surface area (Å²) in [5.41, 5.74) is 12.6. The van der Waals surface area contributed by atoms with Gasteiger partial charge in [0.2, 0.25) is 0 Å².